The van der Waals surface area contributed by atoms with E-state index in [1.807, 2.05) is 0 Å². The summed E-state index contributed by atoms with van der Waals surface area (Å²) >= 11 is 0. The fraction of sp³-hybridized carbons (Fsp3) is 0.316. The summed E-state index contributed by atoms with van der Waals surface area (Å²) in [7, 11) is 0. The maximum absolute atomic E-state index is 12.4. The number of benzene rings is 1. The largest absolute Gasteiger partial charge is 0.460 e. The fourth-order valence-corrected chi connectivity index (χ4v) is 1.95. The van der Waals surface area contributed by atoms with Crippen LogP contribution in [-0.2, 0) is 23.9 Å². The van der Waals surface area contributed by atoms with Gasteiger partial charge in [0.05, 0.1) is 6.54 Å². The van der Waals surface area contributed by atoms with Crippen molar-refractivity contribution in [3.05, 3.63) is 29.8 Å². The number of amides is 1. The second-order valence-electron chi connectivity index (χ2n) is 5.75. The van der Waals surface area contributed by atoms with Gasteiger partial charge < -0.3 is 24.3 Å². The maximum Gasteiger partial charge on any atom is 0.333 e. The summed E-state index contributed by atoms with van der Waals surface area (Å²) in [6.45, 7) is 8.10. The van der Waals surface area contributed by atoms with E-state index in [-0.39, 0.29) is 41.5 Å². The molecule has 0 bridgehead atoms. The number of carbonyl (C=O) groups is 5. The lowest BCUT2D eigenvalue weighted by molar-refractivity contribution is -0.138. The standard InChI is InChI=1S/C19H21NO9/c1-10(2)19(25)26-7-6-20-18(24)14-8-15(27-11(3)21)17(29-13(5)23)16(9-14)28-12(4)22/h8-9H,1,6-7H2,2-5H3,(H,20,24). The minimum atomic E-state index is -0.761. The number of hydrogen-bond donors (Lipinski definition) is 1. The van der Waals surface area contributed by atoms with Gasteiger partial charge in [0.1, 0.15) is 6.61 Å². The molecule has 0 saturated heterocycles. The Bertz CT molecular complexity index is 820. The molecule has 0 radical (unpaired) electrons. The zero-order chi connectivity index (χ0) is 22.1. The second kappa shape index (κ2) is 10.6. The Morgan fingerprint density at radius 2 is 1.34 bits per heavy atom. The minimum absolute atomic E-state index is 0.0185. The Morgan fingerprint density at radius 3 is 1.76 bits per heavy atom. The van der Waals surface area contributed by atoms with Gasteiger partial charge in [0.15, 0.2) is 11.5 Å². The average Bonchev–Trinajstić information content (AvgIpc) is 2.59. The van der Waals surface area contributed by atoms with Crippen LogP contribution in [0, 0.1) is 0 Å². The molecule has 1 rings (SSSR count). The van der Waals surface area contributed by atoms with Crippen LogP contribution >= 0.6 is 0 Å². The highest BCUT2D eigenvalue weighted by atomic mass is 16.6. The lowest BCUT2D eigenvalue weighted by atomic mass is 10.1. The van der Waals surface area contributed by atoms with Gasteiger partial charge in [-0.15, -0.1) is 0 Å². The van der Waals surface area contributed by atoms with Crippen LogP contribution in [0.15, 0.2) is 24.3 Å². The highest BCUT2D eigenvalue weighted by Gasteiger charge is 2.22. The van der Waals surface area contributed by atoms with Crippen LogP contribution < -0.4 is 19.5 Å². The van der Waals surface area contributed by atoms with E-state index in [9.17, 15) is 24.0 Å². The molecule has 29 heavy (non-hydrogen) atoms. The first-order chi connectivity index (χ1) is 13.5. The summed E-state index contributed by atoms with van der Waals surface area (Å²) in [4.78, 5) is 57.8. The molecule has 0 aromatic heterocycles. The van der Waals surface area contributed by atoms with Crippen molar-refractivity contribution in [2.75, 3.05) is 13.2 Å². The number of carbonyl (C=O) groups excluding carboxylic acids is 5. The molecule has 0 unspecified atom stereocenters. The quantitative estimate of drug-likeness (QED) is 0.293. The Morgan fingerprint density at radius 1 is 0.862 bits per heavy atom. The first-order valence-corrected chi connectivity index (χ1v) is 8.35. The first-order valence-electron chi connectivity index (χ1n) is 8.35. The molecule has 10 heteroatoms. The number of rotatable bonds is 8. The smallest absolute Gasteiger partial charge is 0.333 e. The number of hydrogen-bond acceptors (Lipinski definition) is 9. The molecule has 10 nitrogen and oxygen atoms in total. The topological polar surface area (TPSA) is 134 Å². The molecule has 156 valence electrons. The van der Waals surface area contributed by atoms with Crippen LogP contribution in [0.4, 0.5) is 0 Å². The van der Waals surface area contributed by atoms with Gasteiger partial charge in [0.2, 0.25) is 5.75 Å². The number of nitrogens with one attached hydrogen (secondary N) is 1. The van der Waals surface area contributed by atoms with Crippen molar-refractivity contribution in [2.45, 2.75) is 27.7 Å². The molecule has 0 spiro atoms. The van der Waals surface area contributed by atoms with Crippen molar-refractivity contribution in [2.24, 2.45) is 0 Å². The Hall–Kier alpha value is -3.69. The molecule has 0 heterocycles. The third-order valence-electron chi connectivity index (χ3n) is 3.01. The third-order valence-corrected chi connectivity index (χ3v) is 3.01. The number of ether oxygens (including phenoxy) is 4. The van der Waals surface area contributed by atoms with E-state index in [0.29, 0.717) is 0 Å². The van der Waals surface area contributed by atoms with Crippen LogP contribution in [0.3, 0.4) is 0 Å². The predicted molar refractivity (Wildman–Crippen MR) is 98.5 cm³/mol. The normalized spacial score (nSPS) is 9.79. The van der Waals surface area contributed by atoms with Crippen LogP contribution in [0.1, 0.15) is 38.1 Å². The predicted octanol–water partition coefficient (Wildman–Crippen LogP) is 1.31. The second-order valence-corrected chi connectivity index (χ2v) is 5.75. The first kappa shape index (κ1) is 23.3. The van der Waals surface area contributed by atoms with Gasteiger partial charge in [0, 0.05) is 31.9 Å². The summed E-state index contributed by atoms with van der Waals surface area (Å²) in [5.41, 5.74) is 0.161. The molecule has 0 fully saturated rings. The van der Waals surface area contributed by atoms with Crippen molar-refractivity contribution >= 4 is 29.8 Å². The lowest BCUT2D eigenvalue weighted by Gasteiger charge is -2.15. The molecule has 1 aromatic rings. The molecular formula is C19H21NO9. The van der Waals surface area contributed by atoms with E-state index >= 15 is 0 Å². The summed E-state index contributed by atoms with van der Waals surface area (Å²) in [6.07, 6.45) is 0. The molecule has 1 amide bonds. The summed E-state index contributed by atoms with van der Waals surface area (Å²) in [6, 6.07) is 2.28. The zero-order valence-electron chi connectivity index (χ0n) is 16.5. The van der Waals surface area contributed by atoms with Crippen molar-refractivity contribution < 1.29 is 42.9 Å². The van der Waals surface area contributed by atoms with Gasteiger partial charge in [-0.2, -0.15) is 0 Å². The summed E-state index contributed by atoms with van der Waals surface area (Å²) in [5.74, 6) is -4.41. The minimum Gasteiger partial charge on any atom is -0.460 e. The maximum atomic E-state index is 12.4. The van der Waals surface area contributed by atoms with Crippen molar-refractivity contribution in [1.82, 2.24) is 5.32 Å². The van der Waals surface area contributed by atoms with E-state index in [1.54, 1.807) is 0 Å². The molecular weight excluding hydrogens is 386 g/mol. The average molecular weight is 407 g/mol. The SMILES string of the molecule is C=C(C)C(=O)OCCNC(=O)c1cc(OC(C)=O)c(OC(C)=O)c(OC(C)=O)c1. The monoisotopic (exact) mass is 407 g/mol. The highest BCUT2D eigenvalue weighted by molar-refractivity contribution is 5.96. The van der Waals surface area contributed by atoms with E-state index in [2.05, 4.69) is 11.9 Å². The molecule has 0 aliphatic heterocycles. The van der Waals surface area contributed by atoms with Gasteiger partial charge in [-0.3, -0.25) is 19.2 Å². The van der Waals surface area contributed by atoms with Crippen LogP contribution in [0.2, 0.25) is 0 Å². The van der Waals surface area contributed by atoms with Crippen molar-refractivity contribution in [3.63, 3.8) is 0 Å². The molecule has 0 aliphatic carbocycles. The van der Waals surface area contributed by atoms with Gasteiger partial charge >= 0.3 is 23.9 Å². The van der Waals surface area contributed by atoms with E-state index in [0.717, 1.165) is 32.9 Å². The van der Waals surface area contributed by atoms with Gasteiger partial charge in [-0.05, 0) is 19.1 Å². The van der Waals surface area contributed by atoms with Crippen LogP contribution in [-0.4, -0.2) is 42.9 Å². The van der Waals surface area contributed by atoms with E-state index < -0.39 is 29.8 Å². The summed E-state index contributed by atoms with van der Waals surface area (Å²) in [5, 5.41) is 2.48. The number of esters is 4. The summed E-state index contributed by atoms with van der Waals surface area (Å²) < 4.78 is 19.8. The third kappa shape index (κ3) is 7.83. The molecule has 0 saturated carbocycles. The molecule has 0 atom stereocenters. The van der Waals surface area contributed by atoms with E-state index in [1.165, 1.54) is 6.92 Å². The van der Waals surface area contributed by atoms with E-state index in [4.69, 9.17) is 18.9 Å². The molecule has 1 N–H and O–H groups in total. The Balaban J connectivity index is 3.12. The van der Waals surface area contributed by atoms with Crippen molar-refractivity contribution in [1.29, 1.82) is 0 Å². The fourth-order valence-electron chi connectivity index (χ4n) is 1.95. The molecule has 1 aromatic carbocycles. The van der Waals surface area contributed by atoms with Crippen LogP contribution in [0.25, 0.3) is 0 Å². The van der Waals surface area contributed by atoms with Crippen molar-refractivity contribution in [3.8, 4) is 17.2 Å². The highest BCUT2D eigenvalue weighted by Crippen LogP contribution is 2.39. The lowest BCUT2D eigenvalue weighted by Crippen LogP contribution is -2.28. The zero-order valence-corrected chi connectivity index (χ0v) is 16.5. The van der Waals surface area contributed by atoms with Gasteiger partial charge in [-0.25, -0.2) is 4.79 Å². The van der Waals surface area contributed by atoms with Gasteiger partial charge in [0.25, 0.3) is 5.91 Å². The van der Waals surface area contributed by atoms with Gasteiger partial charge in [-0.1, -0.05) is 6.58 Å². The van der Waals surface area contributed by atoms with Crippen LogP contribution in [0.5, 0.6) is 17.2 Å². The Kier molecular flexibility index (Phi) is 8.53. The Labute approximate surface area is 166 Å². The molecule has 0 aliphatic rings.